The summed E-state index contributed by atoms with van der Waals surface area (Å²) in [7, 11) is 1.27. The van der Waals surface area contributed by atoms with Crippen molar-refractivity contribution in [2.45, 2.75) is 45.6 Å². The summed E-state index contributed by atoms with van der Waals surface area (Å²) in [6, 6.07) is 5.85. The van der Waals surface area contributed by atoms with Crippen LogP contribution in [0.25, 0.3) is 0 Å². The number of carbonyl (C=O) groups is 2. The number of allylic oxidation sites excluding steroid dienone is 3. The molecule has 31 heavy (non-hydrogen) atoms. The summed E-state index contributed by atoms with van der Waals surface area (Å²) >= 11 is 0. The van der Waals surface area contributed by atoms with Crippen molar-refractivity contribution in [2.75, 3.05) is 13.7 Å². The monoisotopic (exact) mass is 426 g/mol. The molecule has 0 aliphatic carbocycles. The van der Waals surface area contributed by atoms with Crippen LogP contribution >= 0.6 is 0 Å². The first-order valence-corrected chi connectivity index (χ1v) is 10.1. The fourth-order valence-electron chi connectivity index (χ4n) is 4.01. The van der Waals surface area contributed by atoms with Crippen molar-refractivity contribution in [3.63, 3.8) is 0 Å². The van der Waals surface area contributed by atoms with Gasteiger partial charge in [-0.15, -0.1) is 0 Å². The van der Waals surface area contributed by atoms with Crippen molar-refractivity contribution >= 4 is 17.7 Å². The molecule has 2 aliphatic rings. The summed E-state index contributed by atoms with van der Waals surface area (Å²) in [6.07, 6.45) is 4.45. The highest BCUT2D eigenvalue weighted by Crippen LogP contribution is 2.39. The van der Waals surface area contributed by atoms with Gasteiger partial charge in [0.15, 0.2) is 0 Å². The van der Waals surface area contributed by atoms with Crippen LogP contribution in [0.2, 0.25) is 0 Å². The highest BCUT2D eigenvalue weighted by atomic mass is 19.1. The first-order chi connectivity index (χ1) is 14.6. The molecule has 0 bridgehead atoms. The zero-order valence-electron chi connectivity index (χ0n) is 18.4. The van der Waals surface area contributed by atoms with E-state index in [9.17, 15) is 14.0 Å². The van der Waals surface area contributed by atoms with E-state index >= 15 is 0 Å². The molecule has 1 aromatic rings. The number of nitrogens with one attached hydrogen (secondary N) is 1. The number of aliphatic imine (C=N–C) groups is 1. The van der Waals surface area contributed by atoms with Crippen molar-refractivity contribution in [3.8, 4) is 0 Å². The summed E-state index contributed by atoms with van der Waals surface area (Å²) in [6.45, 7) is 7.49. The van der Waals surface area contributed by atoms with Crippen molar-refractivity contribution < 1.29 is 23.5 Å². The molecule has 2 unspecified atom stereocenters. The number of rotatable bonds is 6. The van der Waals surface area contributed by atoms with Gasteiger partial charge < -0.3 is 14.8 Å². The van der Waals surface area contributed by atoms with Gasteiger partial charge in [0.05, 0.1) is 36.3 Å². The fourth-order valence-corrected chi connectivity index (χ4v) is 4.01. The number of hydrogen-bond donors (Lipinski definition) is 1. The number of dihydropyridines is 1. The molecule has 164 valence electrons. The number of carbonyl (C=O) groups excluding carboxylic acids is 2. The van der Waals surface area contributed by atoms with Crippen LogP contribution in [0.1, 0.15) is 45.6 Å². The average Bonchev–Trinajstić information content (AvgIpc) is 3.05. The van der Waals surface area contributed by atoms with Gasteiger partial charge in [0, 0.05) is 23.5 Å². The summed E-state index contributed by atoms with van der Waals surface area (Å²) < 4.78 is 24.5. The zero-order valence-corrected chi connectivity index (χ0v) is 18.4. The molecule has 0 amide bonds. The molecule has 2 aliphatic heterocycles. The summed E-state index contributed by atoms with van der Waals surface area (Å²) in [5, 5.41) is 3.07. The van der Waals surface area contributed by atoms with E-state index in [0.29, 0.717) is 23.4 Å². The van der Waals surface area contributed by atoms with Crippen LogP contribution in [-0.2, 0) is 19.1 Å². The van der Waals surface area contributed by atoms with Gasteiger partial charge in [-0.3, -0.25) is 4.99 Å². The Morgan fingerprint density at radius 1 is 1.16 bits per heavy atom. The maximum Gasteiger partial charge on any atom is 0.336 e. The number of hydrogen-bond acceptors (Lipinski definition) is 6. The fraction of sp³-hybridized carbons (Fsp3) is 0.375. The van der Waals surface area contributed by atoms with Crippen LogP contribution in [0.15, 0.2) is 64.0 Å². The first-order valence-electron chi connectivity index (χ1n) is 10.1. The van der Waals surface area contributed by atoms with Crippen LogP contribution in [0.3, 0.4) is 0 Å². The van der Waals surface area contributed by atoms with Crippen LogP contribution in [0.5, 0.6) is 0 Å². The van der Waals surface area contributed by atoms with E-state index in [4.69, 9.17) is 9.47 Å². The lowest BCUT2D eigenvalue weighted by molar-refractivity contribution is -0.139. The number of methoxy groups -OCH3 is 1. The third-order valence-electron chi connectivity index (χ3n) is 5.52. The lowest BCUT2D eigenvalue weighted by Gasteiger charge is -2.30. The zero-order chi connectivity index (χ0) is 22.8. The first kappa shape index (κ1) is 22.5. The Morgan fingerprint density at radius 3 is 2.42 bits per heavy atom. The smallest absolute Gasteiger partial charge is 0.336 e. The molecule has 0 saturated carbocycles. The third-order valence-corrected chi connectivity index (χ3v) is 5.52. The van der Waals surface area contributed by atoms with Crippen molar-refractivity contribution in [1.82, 2.24) is 5.32 Å². The van der Waals surface area contributed by atoms with Crippen molar-refractivity contribution in [1.29, 1.82) is 0 Å². The van der Waals surface area contributed by atoms with Gasteiger partial charge in [-0.2, -0.15) is 0 Å². The van der Waals surface area contributed by atoms with E-state index in [1.54, 1.807) is 26.0 Å². The minimum absolute atomic E-state index is 0.152. The maximum atomic E-state index is 14.0. The molecule has 1 aromatic carbocycles. The van der Waals surface area contributed by atoms with Crippen molar-refractivity contribution in [2.24, 2.45) is 4.99 Å². The number of benzene rings is 1. The Hall–Kier alpha value is -3.22. The molecule has 0 aromatic heterocycles. The minimum Gasteiger partial charge on any atom is -0.466 e. The van der Waals surface area contributed by atoms with Gasteiger partial charge in [0.1, 0.15) is 5.82 Å². The van der Waals surface area contributed by atoms with Gasteiger partial charge in [-0.25, -0.2) is 14.0 Å². The van der Waals surface area contributed by atoms with E-state index in [1.165, 1.54) is 19.2 Å². The lowest BCUT2D eigenvalue weighted by atomic mass is 9.80. The second kappa shape index (κ2) is 8.88. The second-order valence-electron chi connectivity index (χ2n) is 8.01. The predicted molar refractivity (Wildman–Crippen MR) is 116 cm³/mol. The SMILES string of the molecule is COC(=O)C1=C(C)NC(C)=C(C(=O)OCCC2(C)C=CC(C)=N2)C1c1cccc(F)c1. The van der Waals surface area contributed by atoms with Crippen LogP contribution in [0, 0.1) is 5.82 Å². The molecule has 0 radical (unpaired) electrons. The largest absolute Gasteiger partial charge is 0.466 e. The Bertz CT molecular complexity index is 1040. The molecule has 1 N–H and O–H groups in total. The minimum atomic E-state index is -0.806. The molecule has 0 fully saturated rings. The van der Waals surface area contributed by atoms with E-state index in [0.717, 1.165) is 5.71 Å². The van der Waals surface area contributed by atoms with Gasteiger partial charge >= 0.3 is 11.9 Å². The van der Waals surface area contributed by atoms with Gasteiger partial charge in [-0.05, 0) is 51.5 Å². The van der Waals surface area contributed by atoms with E-state index in [2.05, 4.69) is 10.3 Å². The van der Waals surface area contributed by atoms with Gasteiger partial charge in [-0.1, -0.05) is 18.2 Å². The molecule has 7 heteroatoms. The number of esters is 2. The average molecular weight is 426 g/mol. The quantitative estimate of drug-likeness (QED) is 0.697. The van der Waals surface area contributed by atoms with Crippen LogP contribution in [-0.4, -0.2) is 36.9 Å². The van der Waals surface area contributed by atoms with E-state index in [-0.39, 0.29) is 17.8 Å². The topological polar surface area (TPSA) is 77.0 Å². The van der Waals surface area contributed by atoms with E-state index in [1.807, 2.05) is 26.0 Å². The molecule has 0 saturated heterocycles. The highest BCUT2D eigenvalue weighted by Gasteiger charge is 2.38. The van der Waals surface area contributed by atoms with Crippen LogP contribution in [0.4, 0.5) is 4.39 Å². The molecular formula is C24H27FN2O4. The second-order valence-corrected chi connectivity index (χ2v) is 8.01. The molecular weight excluding hydrogens is 399 g/mol. The Morgan fingerprint density at radius 2 is 1.84 bits per heavy atom. The normalized spacial score (nSPS) is 22.9. The van der Waals surface area contributed by atoms with Gasteiger partial charge in [0.25, 0.3) is 0 Å². The molecule has 2 heterocycles. The van der Waals surface area contributed by atoms with Crippen molar-refractivity contribution in [3.05, 3.63) is 70.3 Å². The Balaban J connectivity index is 1.90. The molecule has 0 spiro atoms. The van der Waals surface area contributed by atoms with E-state index < -0.39 is 29.2 Å². The number of halogens is 1. The Kier molecular flexibility index (Phi) is 6.43. The Labute approximate surface area is 181 Å². The predicted octanol–water partition coefficient (Wildman–Crippen LogP) is 3.96. The molecule has 3 rings (SSSR count). The standard InChI is InChI=1S/C24H27FN2O4/c1-14-9-10-24(4,27-14)11-12-31-23(29)20-16(3)26-15(2)19(22(28)30-5)21(20)17-7-6-8-18(25)13-17/h6-10,13,21,26H,11-12H2,1-5H3. The van der Waals surface area contributed by atoms with Gasteiger partial charge in [0.2, 0.25) is 0 Å². The third kappa shape index (κ3) is 4.76. The lowest BCUT2D eigenvalue weighted by Crippen LogP contribution is -2.32. The summed E-state index contributed by atoms with van der Waals surface area (Å²) in [4.78, 5) is 30.3. The summed E-state index contributed by atoms with van der Waals surface area (Å²) in [5.74, 6) is -2.43. The molecule has 6 nitrogen and oxygen atoms in total. The van der Waals surface area contributed by atoms with Crippen LogP contribution < -0.4 is 5.32 Å². The maximum absolute atomic E-state index is 14.0. The summed E-state index contributed by atoms with van der Waals surface area (Å²) in [5.41, 5.74) is 2.58. The number of ether oxygens (including phenoxy) is 2. The number of nitrogens with zero attached hydrogens (tertiary/aromatic N) is 1. The highest BCUT2D eigenvalue weighted by molar-refractivity contribution is 6.00. The molecule has 2 atom stereocenters.